The van der Waals surface area contributed by atoms with Crippen LogP contribution in [0.3, 0.4) is 0 Å². The van der Waals surface area contributed by atoms with E-state index in [1.165, 1.54) is 12.1 Å². The lowest BCUT2D eigenvalue weighted by molar-refractivity contribution is 0.245. The molecule has 0 heterocycles. The van der Waals surface area contributed by atoms with Gasteiger partial charge in [0.15, 0.2) is 11.9 Å². The van der Waals surface area contributed by atoms with Gasteiger partial charge in [0.05, 0.1) is 5.02 Å². The molecular weight excluding hydrogens is 365 g/mol. The molecule has 4 nitrogen and oxygen atoms in total. The fourth-order valence-electron chi connectivity index (χ4n) is 1.18. The highest BCUT2D eigenvalue weighted by Gasteiger charge is 2.23. The molecule has 0 saturated heterocycles. The first-order valence-corrected chi connectivity index (χ1v) is 8.27. The van der Waals surface area contributed by atoms with Crippen molar-refractivity contribution >= 4 is 47.3 Å². The molecule has 0 saturated carbocycles. The predicted molar refractivity (Wildman–Crippen MR) is 72.5 cm³/mol. The third-order valence-corrected chi connectivity index (χ3v) is 4.08. The molecule has 0 aliphatic carbocycles. The molecule has 8 heteroatoms. The molecule has 1 aromatic rings. The minimum atomic E-state index is -4.02. The first kappa shape index (κ1) is 15.6. The quantitative estimate of drug-likeness (QED) is 0.755. The topological polar surface area (TPSA) is 67.2 Å². The number of hydrogen-bond acceptors (Lipinski definition) is 4. The van der Waals surface area contributed by atoms with Crippen molar-refractivity contribution in [2.75, 3.05) is 0 Å². The van der Waals surface area contributed by atoms with E-state index < -0.39 is 15.2 Å². The monoisotopic (exact) mass is 371 g/mol. The van der Waals surface area contributed by atoms with Crippen molar-refractivity contribution in [3.8, 4) is 11.8 Å². The van der Waals surface area contributed by atoms with Crippen molar-refractivity contribution in [3.63, 3.8) is 0 Å². The van der Waals surface area contributed by atoms with Gasteiger partial charge in [-0.25, -0.2) is 8.42 Å². The minimum Gasteiger partial charge on any atom is -0.473 e. The van der Waals surface area contributed by atoms with E-state index >= 15 is 0 Å². The normalized spacial score (nSPS) is 12.8. The highest BCUT2D eigenvalue weighted by atomic mass is 79.9. The minimum absolute atomic E-state index is 0.0669. The van der Waals surface area contributed by atoms with E-state index in [4.69, 9.17) is 32.3 Å². The molecule has 0 aromatic heterocycles. The van der Waals surface area contributed by atoms with Crippen molar-refractivity contribution in [1.82, 2.24) is 0 Å². The Balaban J connectivity index is 3.39. The highest BCUT2D eigenvalue weighted by Crippen LogP contribution is 2.37. The van der Waals surface area contributed by atoms with Crippen LogP contribution in [0.4, 0.5) is 0 Å². The number of nitriles is 1. The Kier molecular flexibility index (Phi) is 5.29. The molecular formula is C10H8BrCl2NO3S. The van der Waals surface area contributed by atoms with Crippen LogP contribution in [0.1, 0.15) is 13.3 Å². The van der Waals surface area contributed by atoms with E-state index in [1.807, 2.05) is 6.07 Å². The van der Waals surface area contributed by atoms with Crippen molar-refractivity contribution in [3.05, 3.63) is 21.6 Å². The summed E-state index contributed by atoms with van der Waals surface area (Å²) in [4.78, 5) is -0.266. The van der Waals surface area contributed by atoms with Gasteiger partial charge in [-0.15, -0.1) is 0 Å². The third kappa shape index (κ3) is 3.75. The lowest BCUT2D eigenvalue weighted by Gasteiger charge is -2.14. The van der Waals surface area contributed by atoms with Gasteiger partial charge >= 0.3 is 0 Å². The van der Waals surface area contributed by atoms with E-state index in [1.54, 1.807) is 6.92 Å². The van der Waals surface area contributed by atoms with Gasteiger partial charge in [0.1, 0.15) is 11.0 Å². The number of rotatable bonds is 4. The number of benzene rings is 1. The molecule has 1 rings (SSSR count). The third-order valence-electron chi connectivity index (χ3n) is 2.01. The zero-order valence-electron chi connectivity index (χ0n) is 9.15. The van der Waals surface area contributed by atoms with Crippen LogP contribution >= 0.6 is 38.2 Å². The summed E-state index contributed by atoms with van der Waals surface area (Å²) < 4.78 is 28.6. The van der Waals surface area contributed by atoms with E-state index in [2.05, 4.69) is 15.9 Å². The lowest BCUT2D eigenvalue weighted by Crippen LogP contribution is -2.14. The van der Waals surface area contributed by atoms with Crippen molar-refractivity contribution in [1.29, 1.82) is 5.26 Å². The van der Waals surface area contributed by atoms with E-state index in [-0.39, 0.29) is 15.7 Å². The first-order valence-electron chi connectivity index (χ1n) is 4.79. The van der Waals surface area contributed by atoms with Crippen molar-refractivity contribution in [2.24, 2.45) is 0 Å². The average Bonchev–Trinajstić information content (AvgIpc) is 2.26. The molecule has 1 atom stereocenters. The van der Waals surface area contributed by atoms with Crippen LogP contribution in [-0.2, 0) is 9.05 Å². The summed E-state index contributed by atoms with van der Waals surface area (Å²) in [7, 11) is 1.29. The van der Waals surface area contributed by atoms with Crippen molar-refractivity contribution in [2.45, 2.75) is 24.3 Å². The van der Waals surface area contributed by atoms with Crippen LogP contribution in [-0.4, -0.2) is 14.5 Å². The second-order valence-electron chi connectivity index (χ2n) is 3.30. The summed E-state index contributed by atoms with van der Waals surface area (Å²) in [6.45, 7) is 1.73. The van der Waals surface area contributed by atoms with Gasteiger partial charge in [0, 0.05) is 15.2 Å². The molecule has 0 bridgehead atoms. The molecule has 1 aromatic carbocycles. The smallest absolute Gasteiger partial charge is 0.265 e. The standard InChI is InChI=1S/C10H8BrCl2NO3S/c1-2-7(5-14)17-10-8(12)3-6(11)4-9(10)18(13,15)16/h3-4,7H,2H2,1H3. The fraction of sp³-hybridized carbons (Fsp3) is 0.300. The molecule has 0 aliphatic rings. The zero-order chi connectivity index (χ0) is 13.9. The van der Waals surface area contributed by atoms with Crippen LogP contribution in [0.25, 0.3) is 0 Å². The molecule has 0 amide bonds. The van der Waals surface area contributed by atoms with Gasteiger partial charge in [-0.05, 0) is 18.6 Å². The van der Waals surface area contributed by atoms with E-state index in [0.717, 1.165) is 0 Å². The summed E-state index contributed by atoms with van der Waals surface area (Å²) in [5.74, 6) is -0.108. The van der Waals surface area contributed by atoms with Gasteiger partial charge in [-0.2, -0.15) is 5.26 Å². The Hall–Kier alpha value is -0.480. The Morgan fingerprint density at radius 3 is 2.61 bits per heavy atom. The number of ether oxygens (including phenoxy) is 1. The van der Waals surface area contributed by atoms with Gasteiger partial charge in [-0.3, -0.25) is 0 Å². The first-order chi connectivity index (χ1) is 8.29. The summed E-state index contributed by atoms with van der Waals surface area (Å²) in [6.07, 6.45) is -0.397. The van der Waals surface area contributed by atoms with Gasteiger partial charge < -0.3 is 4.74 Å². The van der Waals surface area contributed by atoms with E-state index in [0.29, 0.717) is 10.9 Å². The summed E-state index contributed by atoms with van der Waals surface area (Å²) in [5, 5.41) is 8.88. The second-order valence-corrected chi connectivity index (χ2v) is 7.15. The van der Waals surface area contributed by atoms with Crippen LogP contribution < -0.4 is 4.74 Å². The Labute approximate surface area is 123 Å². The maximum Gasteiger partial charge on any atom is 0.265 e. The van der Waals surface area contributed by atoms with Crippen molar-refractivity contribution < 1.29 is 13.2 Å². The fourth-order valence-corrected chi connectivity index (χ4v) is 3.23. The van der Waals surface area contributed by atoms with E-state index in [9.17, 15) is 8.42 Å². The maximum atomic E-state index is 11.4. The zero-order valence-corrected chi connectivity index (χ0v) is 13.1. The molecule has 1 unspecified atom stereocenters. The lowest BCUT2D eigenvalue weighted by atomic mass is 10.3. The van der Waals surface area contributed by atoms with Crippen LogP contribution in [0.2, 0.25) is 5.02 Å². The van der Waals surface area contributed by atoms with Gasteiger partial charge in [0.2, 0.25) is 0 Å². The highest BCUT2D eigenvalue weighted by molar-refractivity contribution is 9.10. The molecule has 18 heavy (non-hydrogen) atoms. The molecule has 0 radical (unpaired) electrons. The SMILES string of the molecule is CCC(C#N)Oc1c(Cl)cc(Br)cc1S(=O)(=O)Cl. The van der Waals surface area contributed by atoms with Gasteiger partial charge in [-0.1, -0.05) is 34.5 Å². The number of halogens is 3. The second kappa shape index (κ2) is 6.11. The Morgan fingerprint density at radius 1 is 1.56 bits per heavy atom. The molecule has 0 fully saturated rings. The number of nitrogens with zero attached hydrogens (tertiary/aromatic N) is 1. The Morgan fingerprint density at radius 2 is 2.17 bits per heavy atom. The largest absolute Gasteiger partial charge is 0.473 e. The predicted octanol–water partition coefficient (Wildman–Crippen LogP) is 3.71. The van der Waals surface area contributed by atoms with Crippen LogP contribution in [0, 0.1) is 11.3 Å². The summed E-state index contributed by atoms with van der Waals surface area (Å²) >= 11 is 9.02. The average molecular weight is 373 g/mol. The molecule has 0 N–H and O–H groups in total. The Bertz CT molecular complexity index is 598. The van der Waals surface area contributed by atoms with Crippen LogP contribution in [0.5, 0.6) is 5.75 Å². The summed E-state index contributed by atoms with van der Waals surface area (Å²) in [5.41, 5.74) is 0. The maximum absolute atomic E-state index is 11.4. The van der Waals surface area contributed by atoms with Crippen LogP contribution in [0.15, 0.2) is 21.5 Å². The molecule has 0 spiro atoms. The summed E-state index contributed by atoms with van der Waals surface area (Å²) in [6, 6.07) is 4.63. The number of hydrogen-bond donors (Lipinski definition) is 0. The molecule has 0 aliphatic heterocycles. The van der Waals surface area contributed by atoms with Gasteiger partial charge in [0.25, 0.3) is 9.05 Å². The molecule has 98 valence electrons.